The third-order valence-electron chi connectivity index (χ3n) is 3.92. The van der Waals surface area contributed by atoms with Gasteiger partial charge in [0.1, 0.15) is 28.4 Å². The molecule has 1 aromatic carbocycles. The Hall–Kier alpha value is -1.71. The highest BCUT2D eigenvalue weighted by Gasteiger charge is 2.33. The summed E-state index contributed by atoms with van der Waals surface area (Å²) in [4.78, 5) is 12.4. The number of benzene rings is 1. The summed E-state index contributed by atoms with van der Waals surface area (Å²) in [6.07, 6.45) is 2.53. The van der Waals surface area contributed by atoms with E-state index in [0.717, 1.165) is 12.8 Å². The lowest BCUT2D eigenvalue weighted by Gasteiger charge is -2.34. The van der Waals surface area contributed by atoms with Gasteiger partial charge in [-0.15, -0.1) is 0 Å². The zero-order chi connectivity index (χ0) is 15.8. The molecule has 0 aliphatic carbocycles. The molecule has 0 saturated heterocycles. The summed E-state index contributed by atoms with van der Waals surface area (Å²) in [5.74, 6) is 0.449. The molecule has 21 heavy (non-hydrogen) atoms. The molecule has 0 amide bonds. The molecule has 0 spiro atoms. The maximum Gasteiger partial charge on any atom is 0.170 e. The van der Waals surface area contributed by atoms with Gasteiger partial charge in [0.2, 0.25) is 0 Å². The Kier molecular flexibility index (Phi) is 4.17. The third-order valence-corrected chi connectivity index (χ3v) is 3.92. The molecule has 2 rings (SSSR count). The van der Waals surface area contributed by atoms with Crippen LogP contribution in [0, 0.1) is 5.92 Å². The smallest absolute Gasteiger partial charge is 0.170 e. The van der Waals surface area contributed by atoms with E-state index in [2.05, 4.69) is 13.8 Å². The molecule has 2 N–H and O–H groups in total. The highest BCUT2D eigenvalue weighted by atomic mass is 16.5. The van der Waals surface area contributed by atoms with Crippen molar-refractivity contribution in [2.45, 2.75) is 59.0 Å². The van der Waals surface area contributed by atoms with Crippen LogP contribution >= 0.6 is 0 Å². The van der Waals surface area contributed by atoms with E-state index < -0.39 is 5.60 Å². The van der Waals surface area contributed by atoms with Crippen LogP contribution in [0.2, 0.25) is 0 Å². The van der Waals surface area contributed by atoms with Crippen molar-refractivity contribution in [1.29, 1.82) is 0 Å². The minimum Gasteiger partial charge on any atom is -0.507 e. The van der Waals surface area contributed by atoms with Gasteiger partial charge < -0.3 is 14.9 Å². The average molecular weight is 292 g/mol. The third kappa shape index (κ3) is 3.31. The number of carbonyl (C=O) groups is 1. The summed E-state index contributed by atoms with van der Waals surface area (Å²) in [5, 5.41) is 20.1. The van der Waals surface area contributed by atoms with E-state index in [0.29, 0.717) is 30.1 Å². The average Bonchev–Trinajstić information content (AvgIpc) is 2.34. The molecule has 1 aliphatic rings. The topological polar surface area (TPSA) is 66.8 Å². The maximum atomic E-state index is 12.4. The normalized spacial score (nSPS) is 16.4. The minimum absolute atomic E-state index is 0.00147. The number of carbonyl (C=O) groups excluding carboxylic acids is 1. The zero-order valence-corrected chi connectivity index (χ0v) is 13.2. The van der Waals surface area contributed by atoms with Crippen LogP contribution in [0.3, 0.4) is 0 Å². The Balaban J connectivity index is 2.43. The van der Waals surface area contributed by atoms with Gasteiger partial charge in [-0.3, -0.25) is 4.79 Å². The van der Waals surface area contributed by atoms with E-state index in [9.17, 15) is 15.0 Å². The molecular weight excluding hydrogens is 268 g/mol. The summed E-state index contributed by atoms with van der Waals surface area (Å²) in [5.41, 5.74) is 0.441. The number of fused-ring (bicyclic) bond motifs is 1. The first kappa shape index (κ1) is 15.7. The van der Waals surface area contributed by atoms with Crippen LogP contribution in [-0.2, 0) is 6.42 Å². The van der Waals surface area contributed by atoms with Crippen LogP contribution < -0.4 is 4.74 Å². The number of hydrogen-bond acceptors (Lipinski definition) is 4. The lowest BCUT2D eigenvalue weighted by Crippen LogP contribution is -2.33. The second-order valence-electron chi connectivity index (χ2n) is 6.81. The minimum atomic E-state index is -0.402. The standard InChI is InChI=1S/C17H24O4/c1-10(2)5-6-12(18)15-14(20)9-13(19)11-7-8-17(3,4)21-16(11)15/h9-10,19-20H,5-8H2,1-4H3. The second-order valence-corrected chi connectivity index (χ2v) is 6.81. The van der Waals surface area contributed by atoms with Crippen molar-refractivity contribution in [2.75, 3.05) is 0 Å². The number of aromatic hydroxyl groups is 2. The molecule has 1 heterocycles. The van der Waals surface area contributed by atoms with E-state index in [4.69, 9.17) is 4.74 Å². The molecular formula is C17H24O4. The Morgan fingerprint density at radius 3 is 2.62 bits per heavy atom. The molecule has 0 radical (unpaired) electrons. The van der Waals surface area contributed by atoms with Crippen molar-refractivity contribution < 1.29 is 19.7 Å². The van der Waals surface area contributed by atoms with Gasteiger partial charge in [0.05, 0.1) is 0 Å². The molecule has 0 atom stereocenters. The van der Waals surface area contributed by atoms with E-state index in [1.165, 1.54) is 6.07 Å². The van der Waals surface area contributed by atoms with Crippen molar-refractivity contribution in [2.24, 2.45) is 5.92 Å². The van der Waals surface area contributed by atoms with Gasteiger partial charge >= 0.3 is 0 Å². The van der Waals surface area contributed by atoms with Crippen LogP contribution in [-0.4, -0.2) is 21.6 Å². The van der Waals surface area contributed by atoms with Gasteiger partial charge in [-0.25, -0.2) is 0 Å². The fraction of sp³-hybridized carbons (Fsp3) is 0.588. The summed E-state index contributed by atoms with van der Waals surface area (Å²) in [6, 6.07) is 1.25. The fourth-order valence-corrected chi connectivity index (χ4v) is 2.59. The molecule has 4 nitrogen and oxygen atoms in total. The van der Waals surface area contributed by atoms with Crippen LogP contribution in [0.5, 0.6) is 17.2 Å². The Bertz CT molecular complexity index is 558. The van der Waals surface area contributed by atoms with Crippen LogP contribution in [0.25, 0.3) is 0 Å². The summed E-state index contributed by atoms with van der Waals surface area (Å²) < 4.78 is 5.90. The van der Waals surface area contributed by atoms with Gasteiger partial charge in [0.25, 0.3) is 0 Å². The van der Waals surface area contributed by atoms with E-state index in [-0.39, 0.29) is 22.8 Å². The first-order valence-corrected chi connectivity index (χ1v) is 7.51. The largest absolute Gasteiger partial charge is 0.507 e. The number of ether oxygens (including phenoxy) is 1. The number of hydrogen-bond donors (Lipinski definition) is 2. The summed E-state index contributed by atoms with van der Waals surface area (Å²) in [7, 11) is 0. The lowest BCUT2D eigenvalue weighted by molar-refractivity contribution is 0.0787. The number of phenolic OH excluding ortho intramolecular Hbond substituents is 2. The second kappa shape index (κ2) is 5.58. The van der Waals surface area contributed by atoms with Gasteiger partial charge in [-0.05, 0) is 39.0 Å². The summed E-state index contributed by atoms with van der Waals surface area (Å²) >= 11 is 0. The molecule has 116 valence electrons. The van der Waals surface area contributed by atoms with Crippen LogP contribution in [0.4, 0.5) is 0 Å². The number of Topliss-reactive ketones (excluding diaryl/α,β-unsaturated/α-hetero) is 1. The number of rotatable bonds is 4. The predicted molar refractivity (Wildman–Crippen MR) is 81.2 cm³/mol. The SMILES string of the molecule is CC(C)CCC(=O)c1c(O)cc(O)c2c1OC(C)(C)CC2. The van der Waals surface area contributed by atoms with Gasteiger partial charge in [-0.2, -0.15) is 0 Å². The van der Waals surface area contributed by atoms with Crippen molar-refractivity contribution in [3.63, 3.8) is 0 Å². The quantitative estimate of drug-likeness (QED) is 0.828. The first-order valence-electron chi connectivity index (χ1n) is 7.51. The zero-order valence-electron chi connectivity index (χ0n) is 13.2. The molecule has 1 aromatic rings. The van der Waals surface area contributed by atoms with Crippen LogP contribution in [0.1, 0.15) is 62.9 Å². The first-order chi connectivity index (χ1) is 9.71. The highest BCUT2D eigenvalue weighted by molar-refractivity contribution is 6.02. The van der Waals surface area contributed by atoms with Gasteiger partial charge in [0.15, 0.2) is 5.78 Å². The van der Waals surface area contributed by atoms with E-state index >= 15 is 0 Å². The molecule has 0 bridgehead atoms. The highest BCUT2D eigenvalue weighted by Crippen LogP contribution is 2.45. The van der Waals surface area contributed by atoms with Gasteiger partial charge in [0, 0.05) is 18.1 Å². The Morgan fingerprint density at radius 1 is 1.33 bits per heavy atom. The Labute approximate surface area is 125 Å². The van der Waals surface area contributed by atoms with E-state index in [1.807, 2.05) is 13.8 Å². The predicted octanol–water partition coefficient (Wildman–Crippen LogP) is 3.82. The van der Waals surface area contributed by atoms with Crippen molar-refractivity contribution in [3.8, 4) is 17.2 Å². The fourth-order valence-electron chi connectivity index (χ4n) is 2.59. The van der Waals surface area contributed by atoms with E-state index in [1.54, 1.807) is 0 Å². The van der Waals surface area contributed by atoms with Crippen molar-refractivity contribution >= 4 is 5.78 Å². The Morgan fingerprint density at radius 2 is 2.00 bits per heavy atom. The molecule has 0 aromatic heterocycles. The molecule has 0 fully saturated rings. The monoisotopic (exact) mass is 292 g/mol. The number of ketones is 1. The summed E-state index contributed by atoms with van der Waals surface area (Å²) in [6.45, 7) is 8.00. The maximum absolute atomic E-state index is 12.4. The molecule has 1 aliphatic heterocycles. The lowest BCUT2D eigenvalue weighted by atomic mass is 9.89. The molecule has 0 unspecified atom stereocenters. The van der Waals surface area contributed by atoms with Crippen LogP contribution in [0.15, 0.2) is 6.07 Å². The van der Waals surface area contributed by atoms with Gasteiger partial charge in [-0.1, -0.05) is 13.8 Å². The molecule has 4 heteroatoms. The number of phenols is 2. The molecule has 0 saturated carbocycles. The van der Waals surface area contributed by atoms with Crippen molar-refractivity contribution in [3.05, 3.63) is 17.2 Å². The van der Waals surface area contributed by atoms with Crippen molar-refractivity contribution in [1.82, 2.24) is 0 Å².